The highest BCUT2D eigenvalue weighted by Gasteiger charge is 2.34. The number of hydrogen-bond donors (Lipinski definition) is 1. The minimum Gasteiger partial charge on any atom is -0.396 e. The molecule has 2 atom stereocenters. The summed E-state index contributed by atoms with van der Waals surface area (Å²) in [6.45, 7) is 12.0. The molecule has 3 heterocycles. The van der Waals surface area contributed by atoms with Crippen LogP contribution in [0.25, 0.3) is 0 Å². The Morgan fingerprint density at radius 3 is 2.69 bits per heavy atom. The number of nitrogens with zero attached hydrogens (tertiary/aromatic N) is 5. The van der Waals surface area contributed by atoms with Crippen molar-refractivity contribution in [2.75, 3.05) is 64.4 Å². The molecule has 1 N–H and O–H groups in total. The number of aliphatic hydroxyl groups excluding tert-OH is 1. The molecule has 1 aromatic rings. The largest absolute Gasteiger partial charge is 0.396 e. The van der Waals surface area contributed by atoms with Crippen molar-refractivity contribution in [2.45, 2.75) is 33.1 Å². The first-order valence-corrected chi connectivity index (χ1v) is 10.2. The van der Waals surface area contributed by atoms with E-state index in [1.54, 1.807) is 0 Å². The molecule has 6 nitrogen and oxygen atoms in total. The molecule has 0 bridgehead atoms. The first-order valence-electron chi connectivity index (χ1n) is 10.2. The number of aromatic nitrogens is 2. The zero-order valence-corrected chi connectivity index (χ0v) is 16.7. The van der Waals surface area contributed by atoms with Gasteiger partial charge in [0.05, 0.1) is 0 Å². The van der Waals surface area contributed by atoms with Gasteiger partial charge in [0, 0.05) is 57.0 Å². The van der Waals surface area contributed by atoms with Gasteiger partial charge in [0.1, 0.15) is 11.6 Å². The van der Waals surface area contributed by atoms with Crippen LogP contribution in [0.4, 0.5) is 5.82 Å². The molecule has 0 spiro atoms. The summed E-state index contributed by atoms with van der Waals surface area (Å²) in [5, 5.41) is 9.94. The molecule has 2 aliphatic rings. The summed E-state index contributed by atoms with van der Waals surface area (Å²) < 4.78 is 0. The van der Waals surface area contributed by atoms with Crippen LogP contribution in [0.1, 0.15) is 31.3 Å². The maximum atomic E-state index is 9.94. The zero-order valence-electron chi connectivity index (χ0n) is 16.7. The van der Waals surface area contributed by atoms with Gasteiger partial charge in [-0.2, -0.15) is 0 Å². The predicted octanol–water partition coefficient (Wildman–Crippen LogP) is 1.42. The normalized spacial score (nSPS) is 25.6. The summed E-state index contributed by atoms with van der Waals surface area (Å²) in [4.78, 5) is 16.6. The van der Waals surface area contributed by atoms with Gasteiger partial charge in [-0.1, -0.05) is 13.3 Å². The molecule has 1 aromatic heterocycles. The van der Waals surface area contributed by atoms with Crippen LogP contribution in [0.3, 0.4) is 0 Å². The average molecular weight is 362 g/mol. The van der Waals surface area contributed by atoms with E-state index in [-0.39, 0.29) is 6.61 Å². The van der Waals surface area contributed by atoms with E-state index in [9.17, 15) is 5.11 Å². The molecule has 2 fully saturated rings. The molecule has 2 saturated heterocycles. The van der Waals surface area contributed by atoms with E-state index >= 15 is 0 Å². The van der Waals surface area contributed by atoms with Crippen LogP contribution in [-0.2, 0) is 6.42 Å². The number of likely N-dealkylation sites (N-methyl/N-ethyl adjacent to an activating group) is 1. The van der Waals surface area contributed by atoms with Crippen LogP contribution in [0.2, 0.25) is 0 Å². The summed E-state index contributed by atoms with van der Waals surface area (Å²) in [5.74, 6) is 2.73. The van der Waals surface area contributed by atoms with Crippen LogP contribution in [0.5, 0.6) is 0 Å². The minimum absolute atomic E-state index is 0.265. The van der Waals surface area contributed by atoms with E-state index in [0.29, 0.717) is 11.8 Å². The minimum atomic E-state index is 0.265. The summed E-state index contributed by atoms with van der Waals surface area (Å²) in [6.07, 6.45) is 3.34. The van der Waals surface area contributed by atoms with Crippen molar-refractivity contribution in [3.63, 3.8) is 0 Å². The van der Waals surface area contributed by atoms with Gasteiger partial charge in [-0.3, -0.25) is 0 Å². The molecule has 0 aliphatic carbocycles. The standard InChI is InChI=1S/C20H35N5O/c1-4-6-19-11-20(22-16(2)21-19)25-13-17(18(14-25)15-26)12-24-8-5-7-23(3)9-10-24/h11,17-18,26H,4-10,12-15H2,1-3H3/t17-,18-/m1/s1. The van der Waals surface area contributed by atoms with Crippen LogP contribution in [0, 0.1) is 18.8 Å². The van der Waals surface area contributed by atoms with Crippen LogP contribution in [-0.4, -0.2) is 84.3 Å². The Hall–Kier alpha value is -1.24. The van der Waals surface area contributed by atoms with E-state index in [1.165, 1.54) is 19.5 Å². The van der Waals surface area contributed by atoms with Crippen molar-refractivity contribution < 1.29 is 5.11 Å². The topological polar surface area (TPSA) is 55.7 Å². The molecular formula is C20H35N5O. The molecule has 2 aliphatic heterocycles. The van der Waals surface area contributed by atoms with Crippen molar-refractivity contribution in [3.8, 4) is 0 Å². The molecule has 26 heavy (non-hydrogen) atoms. The quantitative estimate of drug-likeness (QED) is 0.827. The second-order valence-corrected chi connectivity index (χ2v) is 8.08. The third-order valence-electron chi connectivity index (χ3n) is 5.82. The molecule has 0 saturated carbocycles. The average Bonchev–Trinajstić information content (AvgIpc) is 2.91. The fourth-order valence-corrected chi connectivity index (χ4v) is 4.31. The van der Waals surface area contributed by atoms with Crippen LogP contribution >= 0.6 is 0 Å². The van der Waals surface area contributed by atoms with Gasteiger partial charge in [-0.05, 0) is 45.8 Å². The van der Waals surface area contributed by atoms with Crippen molar-refractivity contribution in [3.05, 3.63) is 17.6 Å². The highest BCUT2D eigenvalue weighted by molar-refractivity contribution is 5.41. The van der Waals surface area contributed by atoms with E-state index in [1.807, 2.05) is 6.92 Å². The van der Waals surface area contributed by atoms with Gasteiger partial charge in [0.25, 0.3) is 0 Å². The Morgan fingerprint density at radius 1 is 1.12 bits per heavy atom. The molecule has 0 radical (unpaired) electrons. The number of aryl methyl sites for hydroxylation is 2. The zero-order chi connectivity index (χ0) is 18.5. The SMILES string of the molecule is CCCc1cc(N2C[C@@H](CN3CCCN(C)CC3)[C@@H](CO)C2)nc(C)n1. The summed E-state index contributed by atoms with van der Waals surface area (Å²) >= 11 is 0. The number of anilines is 1. The van der Waals surface area contributed by atoms with Gasteiger partial charge < -0.3 is 19.8 Å². The third kappa shape index (κ3) is 4.93. The first-order chi connectivity index (χ1) is 12.6. The fourth-order valence-electron chi connectivity index (χ4n) is 4.31. The molecular weight excluding hydrogens is 326 g/mol. The lowest BCUT2D eigenvalue weighted by Gasteiger charge is -2.26. The third-order valence-corrected chi connectivity index (χ3v) is 5.82. The van der Waals surface area contributed by atoms with Crippen molar-refractivity contribution in [1.29, 1.82) is 0 Å². The highest BCUT2D eigenvalue weighted by Crippen LogP contribution is 2.28. The smallest absolute Gasteiger partial charge is 0.132 e. The lowest BCUT2D eigenvalue weighted by molar-refractivity contribution is 0.165. The van der Waals surface area contributed by atoms with E-state index < -0.39 is 0 Å². The summed E-state index contributed by atoms with van der Waals surface area (Å²) in [5.41, 5.74) is 1.13. The second kappa shape index (κ2) is 9.11. The van der Waals surface area contributed by atoms with E-state index in [4.69, 9.17) is 0 Å². The van der Waals surface area contributed by atoms with Crippen molar-refractivity contribution in [2.24, 2.45) is 11.8 Å². The van der Waals surface area contributed by atoms with Gasteiger partial charge in [0.2, 0.25) is 0 Å². The Morgan fingerprint density at radius 2 is 1.92 bits per heavy atom. The maximum Gasteiger partial charge on any atom is 0.132 e. The van der Waals surface area contributed by atoms with Crippen LogP contribution in [0.15, 0.2) is 6.07 Å². The second-order valence-electron chi connectivity index (χ2n) is 8.08. The molecule has 6 heteroatoms. The fraction of sp³-hybridized carbons (Fsp3) is 0.800. The Kier molecular flexibility index (Phi) is 6.84. The van der Waals surface area contributed by atoms with E-state index in [0.717, 1.165) is 62.9 Å². The summed E-state index contributed by atoms with van der Waals surface area (Å²) in [6, 6.07) is 2.15. The highest BCUT2D eigenvalue weighted by atomic mass is 16.3. The van der Waals surface area contributed by atoms with E-state index in [2.05, 4.69) is 44.7 Å². The number of aliphatic hydroxyl groups is 1. The summed E-state index contributed by atoms with van der Waals surface area (Å²) in [7, 11) is 2.21. The predicted molar refractivity (Wildman–Crippen MR) is 106 cm³/mol. The Labute approximate surface area is 158 Å². The van der Waals surface area contributed by atoms with Gasteiger partial charge in [-0.15, -0.1) is 0 Å². The van der Waals surface area contributed by atoms with Gasteiger partial charge >= 0.3 is 0 Å². The van der Waals surface area contributed by atoms with Crippen LogP contribution < -0.4 is 4.90 Å². The van der Waals surface area contributed by atoms with Gasteiger partial charge in [0.15, 0.2) is 0 Å². The molecule has 146 valence electrons. The molecule has 0 unspecified atom stereocenters. The Bertz CT molecular complexity index is 581. The monoisotopic (exact) mass is 361 g/mol. The molecule has 3 rings (SSSR count). The molecule has 0 amide bonds. The van der Waals surface area contributed by atoms with Crippen molar-refractivity contribution >= 4 is 5.82 Å². The first kappa shape index (κ1) is 19.5. The van der Waals surface area contributed by atoms with Gasteiger partial charge in [-0.25, -0.2) is 9.97 Å². The lowest BCUT2D eigenvalue weighted by Crippen LogP contribution is -2.36. The number of hydrogen-bond acceptors (Lipinski definition) is 6. The maximum absolute atomic E-state index is 9.94. The Balaban J connectivity index is 1.66. The lowest BCUT2D eigenvalue weighted by atomic mass is 9.96. The molecule has 0 aromatic carbocycles. The number of rotatable bonds is 6. The van der Waals surface area contributed by atoms with Crippen molar-refractivity contribution in [1.82, 2.24) is 19.8 Å².